The molecule has 1 aromatic carbocycles. The molecular formula is C16H24Br2N4S. The second-order valence-corrected chi connectivity index (χ2v) is 6.10. The van der Waals surface area contributed by atoms with Gasteiger partial charge in [0.1, 0.15) is 0 Å². The maximum Gasteiger partial charge on any atom is 0.153 e. The lowest BCUT2D eigenvalue weighted by Gasteiger charge is -2.02. The summed E-state index contributed by atoms with van der Waals surface area (Å²) >= 11 is 1.63. The normalized spacial score (nSPS) is 10.7. The first-order valence-electron chi connectivity index (χ1n) is 7.19. The molecule has 0 spiro atoms. The fraction of sp³-hybridized carbons (Fsp3) is 0.375. The molecule has 0 radical (unpaired) electrons. The second-order valence-electron chi connectivity index (χ2n) is 4.98. The largest absolute Gasteiger partial charge is 0.379 e. The molecular weight excluding hydrogens is 440 g/mol. The van der Waals surface area contributed by atoms with Crippen LogP contribution in [-0.2, 0) is 12.8 Å². The lowest BCUT2D eigenvalue weighted by atomic mass is 10.1. The van der Waals surface area contributed by atoms with Crippen LogP contribution in [0.5, 0.6) is 0 Å². The van der Waals surface area contributed by atoms with Gasteiger partial charge in [-0.2, -0.15) is 0 Å². The predicted octanol–water partition coefficient (Wildman–Crippen LogP) is 4.10. The standard InChI is InChI=1S/C16H22N4S.2BrH/c1-13-4-6-14(7-5-13)8-9-19-16(17)21-10-2-3-15-11-18-12-20-15;;/h4-7,11-12H,2-3,8-10H2,1H3,(H2,17,19)(H,18,20);2*1H. The minimum atomic E-state index is 0. The van der Waals surface area contributed by atoms with Gasteiger partial charge in [-0.25, -0.2) is 4.98 Å². The van der Waals surface area contributed by atoms with Crippen molar-refractivity contribution in [1.82, 2.24) is 9.97 Å². The van der Waals surface area contributed by atoms with E-state index in [1.807, 2.05) is 6.20 Å². The summed E-state index contributed by atoms with van der Waals surface area (Å²) in [7, 11) is 0. The lowest BCUT2D eigenvalue weighted by Crippen LogP contribution is -2.09. The Bertz CT molecular complexity index is 556. The van der Waals surface area contributed by atoms with Gasteiger partial charge in [-0.05, 0) is 31.7 Å². The van der Waals surface area contributed by atoms with Crippen LogP contribution in [0.3, 0.4) is 0 Å². The Kier molecular flexibility index (Phi) is 12.2. The summed E-state index contributed by atoms with van der Waals surface area (Å²) in [6.07, 6.45) is 6.59. The van der Waals surface area contributed by atoms with E-state index in [2.05, 4.69) is 46.1 Å². The van der Waals surface area contributed by atoms with E-state index in [-0.39, 0.29) is 34.0 Å². The SMILES string of the molecule is Br.Br.Cc1ccc(CCN=C(N)SCCCc2cnc[nH]2)cc1. The number of imidazole rings is 1. The van der Waals surface area contributed by atoms with Crippen molar-refractivity contribution in [3.05, 3.63) is 53.6 Å². The van der Waals surface area contributed by atoms with Gasteiger partial charge < -0.3 is 10.7 Å². The quantitative estimate of drug-likeness (QED) is 0.369. The van der Waals surface area contributed by atoms with E-state index >= 15 is 0 Å². The highest BCUT2D eigenvalue weighted by Gasteiger charge is 1.98. The number of aromatic nitrogens is 2. The van der Waals surface area contributed by atoms with E-state index in [9.17, 15) is 0 Å². The number of hydrogen-bond donors (Lipinski definition) is 2. The molecule has 1 aromatic heterocycles. The van der Waals surface area contributed by atoms with Crippen molar-refractivity contribution in [2.45, 2.75) is 26.2 Å². The van der Waals surface area contributed by atoms with E-state index < -0.39 is 0 Å². The van der Waals surface area contributed by atoms with E-state index in [0.29, 0.717) is 5.17 Å². The van der Waals surface area contributed by atoms with Crippen molar-refractivity contribution in [2.24, 2.45) is 10.7 Å². The van der Waals surface area contributed by atoms with Crippen molar-refractivity contribution >= 4 is 50.9 Å². The van der Waals surface area contributed by atoms with E-state index in [1.165, 1.54) is 16.8 Å². The van der Waals surface area contributed by atoms with Crippen molar-refractivity contribution in [2.75, 3.05) is 12.3 Å². The van der Waals surface area contributed by atoms with Crippen molar-refractivity contribution in [3.63, 3.8) is 0 Å². The third-order valence-electron chi connectivity index (χ3n) is 3.18. The van der Waals surface area contributed by atoms with Crippen molar-refractivity contribution in [3.8, 4) is 0 Å². The molecule has 0 saturated heterocycles. The predicted molar refractivity (Wildman–Crippen MR) is 111 cm³/mol. The summed E-state index contributed by atoms with van der Waals surface area (Å²) in [5.41, 5.74) is 9.68. The molecule has 7 heteroatoms. The Morgan fingerprint density at radius 2 is 1.96 bits per heavy atom. The molecule has 4 nitrogen and oxygen atoms in total. The number of thioether (sulfide) groups is 1. The number of amidine groups is 1. The molecule has 0 atom stereocenters. The van der Waals surface area contributed by atoms with Gasteiger partial charge in [-0.15, -0.1) is 34.0 Å². The summed E-state index contributed by atoms with van der Waals surface area (Å²) in [6.45, 7) is 2.85. The smallest absolute Gasteiger partial charge is 0.153 e. The van der Waals surface area contributed by atoms with Gasteiger partial charge in [0.15, 0.2) is 5.17 Å². The number of hydrogen-bond acceptors (Lipinski definition) is 3. The zero-order chi connectivity index (χ0) is 14.9. The zero-order valence-corrected chi connectivity index (χ0v) is 17.4. The highest BCUT2D eigenvalue weighted by Crippen LogP contribution is 2.07. The molecule has 1 heterocycles. The molecule has 128 valence electrons. The molecule has 23 heavy (non-hydrogen) atoms. The molecule has 2 aromatic rings. The summed E-state index contributed by atoms with van der Waals surface area (Å²) in [5, 5.41) is 0.687. The number of nitrogens with zero attached hydrogens (tertiary/aromatic N) is 2. The number of aromatic amines is 1. The summed E-state index contributed by atoms with van der Waals surface area (Å²) in [6, 6.07) is 8.57. The van der Waals surface area contributed by atoms with Gasteiger partial charge in [0, 0.05) is 24.2 Å². The van der Waals surface area contributed by atoms with Gasteiger partial charge >= 0.3 is 0 Å². The number of H-pyrrole nitrogens is 1. The lowest BCUT2D eigenvalue weighted by molar-refractivity contribution is 0.903. The maximum atomic E-state index is 5.91. The van der Waals surface area contributed by atoms with Gasteiger partial charge in [-0.3, -0.25) is 4.99 Å². The van der Waals surface area contributed by atoms with Crippen LogP contribution in [0.1, 0.15) is 23.2 Å². The zero-order valence-electron chi connectivity index (χ0n) is 13.2. The minimum absolute atomic E-state index is 0. The molecule has 0 aliphatic carbocycles. The molecule has 2 rings (SSSR count). The van der Waals surface area contributed by atoms with Crippen molar-refractivity contribution in [1.29, 1.82) is 0 Å². The molecule has 3 N–H and O–H groups in total. The van der Waals surface area contributed by atoms with E-state index in [1.54, 1.807) is 18.1 Å². The highest BCUT2D eigenvalue weighted by atomic mass is 79.9. The Morgan fingerprint density at radius 3 is 2.61 bits per heavy atom. The number of aryl methyl sites for hydroxylation is 2. The molecule has 0 amide bonds. The fourth-order valence-electron chi connectivity index (χ4n) is 1.96. The van der Waals surface area contributed by atoms with E-state index in [0.717, 1.165) is 31.6 Å². The van der Waals surface area contributed by atoms with Crippen LogP contribution in [0, 0.1) is 6.92 Å². The number of nitrogens with one attached hydrogen (secondary N) is 1. The van der Waals surface area contributed by atoms with Crippen LogP contribution >= 0.6 is 45.7 Å². The number of nitrogens with two attached hydrogens (primary N) is 1. The van der Waals surface area contributed by atoms with Crippen LogP contribution in [0.2, 0.25) is 0 Å². The molecule has 0 fully saturated rings. The Balaban J connectivity index is 0.00000242. The van der Waals surface area contributed by atoms with Crippen LogP contribution in [0.4, 0.5) is 0 Å². The van der Waals surface area contributed by atoms with Gasteiger partial charge in [-0.1, -0.05) is 41.6 Å². The maximum absolute atomic E-state index is 5.91. The Hall–Kier alpha value is -0.790. The van der Waals surface area contributed by atoms with Gasteiger partial charge in [0.2, 0.25) is 0 Å². The molecule has 0 aliphatic heterocycles. The summed E-state index contributed by atoms with van der Waals surface area (Å²) in [5.74, 6) is 0.985. The Labute approximate surface area is 163 Å². The van der Waals surface area contributed by atoms with Gasteiger partial charge in [0.25, 0.3) is 0 Å². The number of rotatable bonds is 7. The van der Waals surface area contributed by atoms with Crippen LogP contribution < -0.4 is 5.73 Å². The molecule has 0 aliphatic rings. The first kappa shape index (κ1) is 22.2. The second kappa shape index (κ2) is 12.6. The molecule has 0 saturated carbocycles. The van der Waals surface area contributed by atoms with Crippen LogP contribution in [0.25, 0.3) is 0 Å². The molecule has 0 bridgehead atoms. The average Bonchev–Trinajstić information content (AvgIpc) is 2.99. The minimum Gasteiger partial charge on any atom is -0.379 e. The van der Waals surface area contributed by atoms with Crippen molar-refractivity contribution < 1.29 is 0 Å². The van der Waals surface area contributed by atoms with Gasteiger partial charge in [0.05, 0.1) is 6.33 Å². The first-order valence-corrected chi connectivity index (χ1v) is 8.18. The van der Waals surface area contributed by atoms with Crippen LogP contribution in [0.15, 0.2) is 41.8 Å². The number of halogens is 2. The fourth-order valence-corrected chi connectivity index (χ4v) is 2.64. The van der Waals surface area contributed by atoms with E-state index in [4.69, 9.17) is 5.73 Å². The number of aliphatic imine (C=N–C) groups is 1. The number of benzene rings is 1. The highest BCUT2D eigenvalue weighted by molar-refractivity contribution is 8.93. The third kappa shape index (κ3) is 9.17. The summed E-state index contributed by atoms with van der Waals surface area (Å²) in [4.78, 5) is 11.5. The molecule has 0 unspecified atom stereocenters. The Morgan fingerprint density at radius 1 is 1.22 bits per heavy atom. The monoisotopic (exact) mass is 462 g/mol. The third-order valence-corrected chi connectivity index (χ3v) is 4.10. The summed E-state index contributed by atoms with van der Waals surface area (Å²) < 4.78 is 0. The first-order chi connectivity index (χ1) is 10.2. The topological polar surface area (TPSA) is 67.1 Å². The average molecular weight is 464 g/mol. The van der Waals surface area contributed by atoms with Crippen LogP contribution in [-0.4, -0.2) is 27.4 Å².